The average Bonchev–Trinajstić information content (AvgIpc) is 2.84. The smallest absolute Gasteiger partial charge is 0.388 e. The molecular weight excluding hydrogens is 548 g/mol. The molecule has 0 fully saturated rings. The van der Waals surface area contributed by atoms with Crippen LogP contribution in [-0.2, 0) is 22.0 Å². The highest BCUT2D eigenvalue weighted by Crippen LogP contribution is 2.33. The minimum absolute atomic E-state index is 0.0292. The van der Waals surface area contributed by atoms with Crippen molar-refractivity contribution in [3.05, 3.63) is 81.9 Å². The summed E-state index contributed by atoms with van der Waals surface area (Å²) in [4.78, 5) is 26.2. The van der Waals surface area contributed by atoms with Gasteiger partial charge in [0.1, 0.15) is 22.5 Å². The fourth-order valence-corrected chi connectivity index (χ4v) is 4.04. The Kier molecular flexibility index (Phi) is 10.8. The number of nitrogens with one attached hydrogen (secondary N) is 3. The molecule has 1 amide bonds. The van der Waals surface area contributed by atoms with Crippen LogP contribution in [0, 0.1) is 12.7 Å². The Hall–Kier alpha value is -3.51. The second-order valence-corrected chi connectivity index (χ2v) is 9.76. The Morgan fingerprint density at radius 2 is 1.82 bits per heavy atom. The fraction of sp³-hybridized carbons (Fsp3) is 0.240. The van der Waals surface area contributed by atoms with E-state index in [0.29, 0.717) is 12.1 Å². The number of rotatable bonds is 8. The Labute approximate surface area is 224 Å². The topological polar surface area (TPSA) is 100 Å². The second kappa shape index (κ2) is 13.3. The number of hydrogen-bond acceptors (Lipinski definition) is 5. The lowest BCUT2D eigenvalue weighted by Gasteiger charge is -2.14. The summed E-state index contributed by atoms with van der Waals surface area (Å²) in [5.41, 5.74) is -1.20. The number of carbonyl (C=O) groups is 2. The van der Waals surface area contributed by atoms with Gasteiger partial charge in [-0.3, -0.25) is 14.3 Å². The second-order valence-electron chi connectivity index (χ2n) is 8.11. The Morgan fingerprint density at radius 1 is 1.13 bits per heavy atom. The molecule has 204 valence electrons. The van der Waals surface area contributed by atoms with Gasteiger partial charge in [-0.15, -0.1) is 0 Å². The van der Waals surface area contributed by atoms with E-state index in [2.05, 4.69) is 20.3 Å². The largest absolute Gasteiger partial charge is 0.416 e. The van der Waals surface area contributed by atoms with E-state index in [1.54, 1.807) is 7.05 Å². The third-order valence-electron chi connectivity index (χ3n) is 4.90. The molecule has 3 rings (SSSR count). The highest BCUT2D eigenvalue weighted by atomic mass is 35.5. The average molecular weight is 573 g/mol. The number of ketones is 1. The van der Waals surface area contributed by atoms with E-state index in [4.69, 9.17) is 11.6 Å². The molecule has 13 heteroatoms. The number of aromatic nitrogens is 1. The summed E-state index contributed by atoms with van der Waals surface area (Å²) >= 11 is 5.94. The fourth-order valence-electron chi connectivity index (χ4n) is 3.00. The highest BCUT2D eigenvalue weighted by Gasteiger charge is 2.33. The van der Waals surface area contributed by atoms with Crippen molar-refractivity contribution in [1.82, 2.24) is 10.3 Å². The van der Waals surface area contributed by atoms with Crippen molar-refractivity contribution in [2.24, 2.45) is 0 Å². The van der Waals surface area contributed by atoms with Crippen molar-refractivity contribution < 1.29 is 31.4 Å². The van der Waals surface area contributed by atoms with E-state index in [1.165, 1.54) is 37.3 Å². The molecular formula is C25H25ClF4N4O3S. The minimum Gasteiger partial charge on any atom is -0.388 e. The first-order chi connectivity index (χ1) is 17.8. The van der Waals surface area contributed by atoms with Crippen LogP contribution in [0.2, 0.25) is 5.02 Å². The van der Waals surface area contributed by atoms with Crippen molar-refractivity contribution >= 4 is 46.2 Å². The van der Waals surface area contributed by atoms with E-state index in [1.807, 2.05) is 13.8 Å². The summed E-state index contributed by atoms with van der Waals surface area (Å²) < 4.78 is 69.1. The number of halogens is 5. The van der Waals surface area contributed by atoms with Crippen LogP contribution in [0.15, 0.2) is 53.6 Å². The third-order valence-corrected chi connectivity index (χ3v) is 6.20. The van der Waals surface area contributed by atoms with Crippen LogP contribution < -0.4 is 15.4 Å². The molecule has 0 aliphatic rings. The summed E-state index contributed by atoms with van der Waals surface area (Å²) in [5.74, 6) is -1.62. The zero-order valence-corrected chi connectivity index (χ0v) is 22.3. The molecule has 1 atom stereocenters. The van der Waals surface area contributed by atoms with Gasteiger partial charge in [0.15, 0.2) is 0 Å². The number of carbonyl (C=O) groups excluding carboxylic acids is 2. The normalized spacial score (nSPS) is 11.7. The first-order valence-electron chi connectivity index (χ1n) is 11.0. The van der Waals surface area contributed by atoms with E-state index in [9.17, 15) is 31.4 Å². The number of pyridine rings is 1. The number of hydrogen-bond donors (Lipinski definition) is 3. The van der Waals surface area contributed by atoms with E-state index >= 15 is 0 Å². The van der Waals surface area contributed by atoms with Crippen molar-refractivity contribution in [1.29, 1.82) is 0 Å². The number of anilines is 2. The quantitative estimate of drug-likeness (QED) is 0.181. The first-order valence-corrected chi connectivity index (χ1v) is 12.5. The summed E-state index contributed by atoms with van der Waals surface area (Å²) in [6.45, 7) is 5.11. The minimum atomic E-state index is -4.63. The summed E-state index contributed by atoms with van der Waals surface area (Å²) in [5, 5.41) is 5.39. The number of nitrogens with zero attached hydrogens (tertiary/aromatic N) is 1. The molecule has 38 heavy (non-hydrogen) atoms. The molecule has 1 aromatic heterocycles. The predicted molar refractivity (Wildman–Crippen MR) is 139 cm³/mol. The number of alkyl halides is 3. The maximum atomic E-state index is 14.3. The Balaban J connectivity index is 0.000000757. The maximum absolute atomic E-state index is 14.3. The molecule has 0 aliphatic heterocycles. The van der Waals surface area contributed by atoms with Gasteiger partial charge in [0, 0.05) is 25.0 Å². The lowest BCUT2D eigenvalue weighted by Crippen LogP contribution is -2.19. The predicted octanol–water partition coefficient (Wildman–Crippen LogP) is 5.75. The molecule has 0 saturated heterocycles. The summed E-state index contributed by atoms with van der Waals surface area (Å²) in [6, 6.07) is 8.55. The van der Waals surface area contributed by atoms with E-state index < -0.39 is 34.3 Å². The van der Waals surface area contributed by atoms with Gasteiger partial charge in [-0.05, 0) is 62.7 Å². The van der Waals surface area contributed by atoms with Crippen molar-refractivity contribution in [3.63, 3.8) is 0 Å². The lowest BCUT2D eigenvalue weighted by molar-refractivity contribution is -0.138. The Bertz CT molecular complexity index is 1340. The summed E-state index contributed by atoms with van der Waals surface area (Å²) in [6.07, 6.45) is -2.78. The van der Waals surface area contributed by atoms with Gasteiger partial charge in [-0.2, -0.15) is 13.2 Å². The van der Waals surface area contributed by atoms with Crippen molar-refractivity contribution in [2.75, 3.05) is 17.1 Å². The van der Waals surface area contributed by atoms with Crippen LogP contribution in [0.25, 0.3) is 0 Å². The van der Waals surface area contributed by atoms with Gasteiger partial charge in [0.05, 0.1) is 26.7 Å². The van der Waals surface area contributed by atoms with Gasteiger partial charge < -0.3 is 10.6 Å². The molecule has 1 unspecified atom stereocenters. The molecule has 0 bridgehead atoms. The number of amides is 1. The number of benzene rings is 2. The Morgan fingerprint density at radius 3 is 2.37 bits per heavy atom. The van der Waals surface area contributed by atoms with Crippen molar-refractivity contribution in [3.8, 4) is 0 Å². The van der Waals surface area contributed by atoms with E-state index in [-0.39, 0.29) is 38.5 Å². The molecule has 2 aromatic carbocycles. The lowest BCUT2D eigenvalue weighted by atomic mass is 10.1. The zero-order chi connectivity index (χ0) is 28.6. The van der Waals surface area contributed by atoms with Gasteiger partial charge in [-0.25, -0.2) is 13.6 Å². The van der Waals surface area contributed by atoms with Crippen LogP contribution >= 0.6 is 11.6 Å². The SMILES string of the molecule is CC(C)NC=O.CNc1ccc(F)c(C(=O)c2ncc(Cl)cc2NS(=O)c2ccc(C)c(C(F)(F)F)c2)c1. The monoisotopic (exact) mass is 572 g/mol. The maximum Gasteiger partial charge on any atom is 0.416 e. The zero-order valence-electron chi connectivity index (χ0n) is 20.7. The van der Waals surface area contributed by atoms with Crippen LogP contribution in [0.1, 0.15) is 41.0 Å². The molecule has 0 spiro atoms. The van der Waals surface area contributed by atoms with E-state index in [0.717, 1.165) is 18.3 Å². The molecule has 0 radical (unpaired) electrons. The molecule has 3 N–H and O–H groups in total. The van der Waals surface area contributed by atoms with Crippen LogP contribution in [0.3, 0.4) is 0 Å². The first kappa shape index (κ1) is 30.7. The van der Waals surface area contributed by atoms with Crippen LogP contribution in [0.5, 0.6) is 0 Å². The molecule has 0 saturated carbocycles. The van der Waals surface area contributed by atoms with Gasteiger partial charge in [0.25, 0.3) is 0 Å². The van der Waals surface area contributed by atoms with Crippen molar-refractivity contribution in [2.45, 2.75) is 37.9 Å². The highest BCUT2D eigenvalue weighted by molar-refractivity contribution is 7.86. The molecule has 1 heterocycles. The van der Waals surface area contributed by atoms with Crippen LogP contribution in [0.4, 0.5) is 28.9 Å². The standard InChI is InChI=1S/C21H16ClF4N3O2S.C4H9NO/c1-11-3-5-14(9-16(11)21(24,25)26)32(31)29-18-7-12(22)10-28-19(18)20(30)15-8-13(27-2)4-6-17(15)23;1-4(2)5-3-6/h3-10,27,29H,1-2H3;3-4H,1-2H3,(H,5,6). The molecule has 7 nitrogen and oxygen atoms in total. The molecule has 3 aromatic rings. The van der Waals surface area contributed by atoms with Crippen LogP contribution in [-0.4, -0.2) is 34.5 Å². The third kappa shape index (κ3) is 8.25. The number of aryl methyl sites for hydroxylation is 1. The molecule has 0 aliphatic carbocycles. The summed E-state index contributed by atoms with van der Waals surface area (Å²) in [7, 11) is -0.605. The van der Waals surface area contributed by atoms with Gasteiger partial charge in [-0.1, -0.05) is 17.7 Å². The van der Waals surface area contributed by atoms with Gasteiger partial charge >= 0.3 is 6.18 Å². The van der Waals surface area contributed by atoms with Gasteiger partial charge in [0.2, 0.25) is 12.2 Å².